The molecule has 0 aromatic carbocycles. The van der Waals surface area contributed by atoms with Crippen LogP contribution in [0.5, 0.6) is 0 Å². The number of hydrogen-bond donors (Lipinski definition) is 1. The molecule has 0 aliphatic carbocycles. The molecule has 1 aromatic heterocycles. The van der Waals surface area contributed by atoms with Gasteiger partial charge in [-0.15, -0.1) is 24.8 Å². The summed E-state index contributed by atoms with van der Waals surface area (Å²) in [4.78, 5) is 20.8. The van der Waals surface area contributed by atoms with E-state index in [9.17, 15) is 4.79 Å². The molecule has 1 fully saturated rings. The van der Waals surface area contributed by atoms with Gasteiger partial charge in [-0.25, -0.2) is 4.98 Å². The van der Waals surface area contributed by atoms with Gasteiger partial charge in [0.2, 0.25) is 5.91 Å². The molecule has 1 saturated heterocycles. The molecule has 1 amide bonds. The Hall–Kier alpha value is -0.880. The predicted octanol–water partition coefficient (Wildman–Crippen LogP) is 1.11. The van der Waals surface area contributed by atoms with Gasteiger partial charge in [-0.05, 0) is 25.0 Å². The van der Waals surface area contributed by atoms with E-state index < -0.39 is 0 Å². The Bertz CT molecular complexity index is 486. The van der Waals surface area contributed by atoms with Crippen molar-refractivity contribution in [3.8, 4) is 0 Å². The fourth-order valence-electron chi connectivity index (χ4n) is 2.88. The lowest BCUT2D eigenvalue weighted by atomic mass is 10.2. The molecule has 3 heterocycles. The van der Waals surface area contributed by atoms with Gasteiger partial charge in [-0.2, -0.15) is 0 Å². The topological polar surface area (TPSA) is 48.5 Å². The van der Waals surface area contributed by atoms with Crippen molar-refractivity contribution in [2.24, 2.45) is 0 Å². The summed E-state index contributed by atoms with van der Waals surface area (Å²) in [6, 6.07) is 4.46. The standard InChI is InChI=1S/C14H20N4O.2ClH/c1-11-9-17(8-6-15-11)10-13(19)18-7-4-12-3-2-5-16-14(12)18;;/h2-3,5,11,15H,4,6-10H2,1H3;2*1H/t11-;;/m1../s1. The molecule has 118 valence electrons. The Morgan fingerprint density at radius 2 is 2.24 bits per heavy atom. The van der Waals surface area contributed by atoms with Crippen LogP contribution in [0.3, 0.4) is 0 Å². The average Bonchev–Trinajstić information content (AvgIpc) is 2.82. The highest BCUT2D eigenvalue weighted by Gasteiger charge is 2.27. The Balaban J connectivity index is 0.00000110. The summed E-state index contributed by atoms with van der Waals surface area (Å²) in [7, 11) is 0. The molecule has 5 nitrogen and oxygen atoms in total. The van der Waals surface area contributed by atoms with Crippen molar-refractivity contribution >= 4 is 36.5 Å². The normalized spacial score (nSPS) is 21.2. The number of amides is 1. The number of piperazine rings is 1. The molecule has 1 N–H and O–H groups in total. The second-order valence-corrected chi connectivity index (χ2v) is 5.37. The van der Waals surface area contributed by atoms with Crippen LogP contribution in [0, 0.1) is 0 Å². The van der Waals surface area contributed by atoms with Gasteiger partial charge in [0.15, 0.2) is 0 Å². The van der Waals surface area contributed by atoms with Crippen molar-refractivity contribution in [1.82, 2.24) is 15.2 Å². The number of nitrogens with zero attached hydrogens (tertiary/aromatic N) is 3. The summed E-state index contributed by atoms with van der Waals surface area (Å²) < 4.78 is 0. The second kappa shape index (κ2) is 7.94. The smallest absolute Gasteiger partial charge is 0.242 e. The number of halogens is 2. The van der Waals surface area contributed by atoms with Crippen molar-refractivity contribution in [3.63, 3.8) is 0 Å². The molecule has 3 rings (SSSR count). The van der Waals surface area contributed by atoms with Crippen LogP contribution in [0.4, 0.5) is 5.82 Å². The van der Waals surface area contributed by atoms with Crippen LogP contribution in [0.2, 0.25) is 0 Å². The largest absolute Gasteiger partial charge is 0.312 e. The molecule has 0 unspecified atom stereocenters. The molecule has 1 atom stereocenters. The highest BCUT2D eigenvalue weighted by atomic mass is 35.5. The molecule has 1 aromatic rings. The first-order valence-corrected chi connectivity index (χ1v) is 6.94. The fraction of sp³-hybridized carbons (Fsp3) is 0.571. The van der Waals surface area contributed by atoms with Crippen molar-refractivity contribution in [3.05, 3.63) is 23.9 Å². The van der Waals surface area contributed by atoms with Gasteiger partial charge >= 0.3 is 0 Å². The zero-order valence-electron chi connectivity index (χ0n) is 12.1. The van der Waals surface area contributed by atoms with E-state index in [0.29, 0.717) is 12.6 Å². The minimum absolute atomic E-state index is 0. The maximum absolute atomic E-state index is 12.4. The van der Waals surface area contributed by atoms with E-state index in [4.69, 9.17) is 0 Å². The monoisotopic (exact) mass is 332 g/mol. The van der Waals surface area contributed by atoms with Crippen LogP contribution >= 0.6 is 24.8 Å². The quantitative estimate of drug-likeness (QED) is 0.881. The first kappa shape index (κ1) is 18.2. The SMILES string of the molecule is C[C@@H]1CN(CC(=O)N2CCc3cccnc32)CCN1.Cl.Cl. The van der Waals surface area contributed by atoms with Crippen molar-refractivity contribution in [2.45, 2.75) is 19.4 Å². The molecular formula is C14H22Cl2N4O. The van der Waals surface area contributed by atoms with Crippen LogP contribution in [-0.4, -0.2) is 54.6 Å². The summed E-state index contributed by atoms with van der Waals surface area (Å²) >= 11 is 0. The van der Waals surface area contributed by atoms with E-state index in [1.165, 1.54) is 5.56 Å². The van der Waals surface area contributed by atoms with E-state index in [2.05, 4.69) is 28.2 Å². The average molecular weight is 333 g/mol. The lowest BCUT2D eigenvalue weighted by molar-refractivity contribution is -0.119. The molecule has 7 heteroatoms. The van der Waals surface area contributed by atoms with Gasteiger partial charge in [0.1, 0.15) is 5.82 Å². The third kappa shape index (κ3) is 4.07. The molecule has 21 heavy (non-hydrogen) atoms. The molecule has 0 saturated carbocycles. The molecule has 0 radical (unpaired) electrons. The summed E-state index contributed by atoms with van der Waals surface area (Å²) in [6.45, 7) is 6.27. The fourth-order valence-corrected chi connectivity index (χ4v) is 2.88. The zero-order valence-corrected chi connectivity index (χ0v) is 13.8. The lowest BCUT2D eigenvalue weighted by Crippen LogP contribution is -2.52. The number of nitrogens with one attached hydrogen (secondary N) is 1. The van der Waals surface area contributed by atoms with E-state index >= 15 is 0 Å². The Morgan fingerprint density at radius 1 is 1.43 bits per heavy atom. The number of pyridine rings is 1. The zero-order chi connectivity index (χ0) is 13.2. The summed E-state index contributed by atoms with van der Waals surface area (Å²) in [5, 5.41) is 3.39. The van der Waals surface area contributed by atoms with E-state index in [-0.39, 0.29) is 30.7 Å². The minimum atomic E-state index is 0. The number of anilines is 1. The lowest BCUT2D eigenvalue weighted by Gasteiger charge is -2.32. The molecule has 2 aliphatic heterocycles. The maximum atomic E-state index is 12.4. The van der Waals surface area contributed by atoms with E-state index in [1.807, 2.05) is 11.0 Å². The Kier molecular flexibility index (Phi) is 6.87. The summed E-state index contributed by atoms with van der Waals surface area (Å²) in [6.07, 6.45) is 2.68. The second-order valence-electron chi connectivity index (χ2n) is 5.37. The highest BCUT2D eigenvalue weighted by Crippen LogP contribution is 2.24. The molecule has 2 aliphatic rings. The number of hydrogen-bond acceptors (Lipinski definition) is 4. The summed E-state index contributed by atoms with van der Waals surface area (Å²) in [5.41, 5.74) is 1.18. The van der Waals surface area contributed by atoms with Crippen molar-refractivity contribution < 1.29 is 4.79 Å². The molecule has 0 bridgehead atoms. The molecule has 0 spiro atoms. The Labute approximate surface area is 137 Å². The number of aromatic nitrogens is 1. The van der Waals surface area contributed by atoms with Gasteiger partial charge < -0.3 is 5.32 Å². The first-order chi connectivity index (χ1) is 9.24. The Morgan fingerprint density at radius 3 is 3.00 bits per heavy atom. The van der Waals surface area contributed by atoms with E-state index in [1.54, 1.807) is 6.20 Å². The predicted molar refractivity (Wildman–Crippen MR) is 88.7 cm³/mol. The van der Waals surface area contributed by atoms with Gasteiger partial charge in [-0.1, -0.05) is 6.07 Å². The summed E-state index contributed by atoms with van der Waals surface area (Å²) in [5.74, 6) is 1.03. The first-order valence-electron chi connectivity index (χ1n) is 6.94. The third-order valence-corrected chi connectivity index (χ3v) is 3.84. The van der Waals surface area contributed by atoms with Crippen molar-refractivity contribution in [2.75, 3.05) is 37.6 Å². The van der Waals surface area contributed by atoms with Crippen molar-refractivity contribution in [1.29, 1.82) is 0 Å². The minimum Gasteiger partial charge on any atom is -0.312 e. The number of carbonyl (C=O) groups is 1. The van der Waals surface area contributed by atoms with Gasteiger partial charge in [0.25, 0.3) is 0 Å². The van der Waals surface area contributed by atoms with Crippen LogP contribution in [-0.2, 0) is 11.2 Å². The van der Waals surface area contributed by atoms with Crippen LogP contribution < -0.4 is 10.2 Å². The van der Waals surface area contributed by atoms with Gasteiger partial charge in [0, 0.05) is 38.4 Å². The third-order valence-electron chi connectivity index (χ3n) is 3.84. The molecular weight excluding hydrogens is 311 g/mol. The number of carbonyl (C=O) groups excluding carboxylic acids is 1. The van der Waals surface area contributed by atoms with Crippen LogP contribution in [0.15, 0.2) is 18.3 Å². The highest BCUT2D eigenvalue weighted by molar-refractivity contribution is 5.95. The van der Waals surface area contributed by atoms with Gasteiger partial charge in [-0.3, -0.25) is 14.6 Å². The maximum Gasteiger partial charge on any atom is 0.242 e. The van der Waals surface area contributed by atoms with Crippen LogP contribution in [0.1, 0.15) is 12.5 Å². The number of rotatable bonds is 2. The van der Waals surface area contributed by atoms with Gasteiger partial charge in [0.05, 0.1) is 6.54 Å². The number of fused-ring (bicyclic) bond motifs is 1. The van der Waals surface area contributed by atoms with Crippen LogP contribution in [0.25, 0.3) is 0 Å². The van der Waals surface area contributed by atoms with E-state index in [0.717, 1.165) is 38.4 Å².